The molecular formula is C14H17NOS. The highest BCUT2D eigenvalue weighted by molar-refractivity contribution is 7.19. The van der Waals surface area contributed by atoms with Crippen LogP contribution in [0.1, 0.15) is 19.4 Å². The van der Waals surface area contributed by atoms with E-state index in [1.165, 1.54) is 10.4 Å². The fourth-order valence-electron chi connectivity index (χ4n) is 1.70. The Labute approximate surface area is 106 Å². The van der Waals surface area contributed by atoms with Gasteiger partial charge in [0.1, 0.15) is 5.75 Å². The summed E-state index contributed by atoms with van der Waals surface area (Å²) in [6.07, 6.45) is 0.205. The van der Waals surface area contributed by atoms with Gasteiger partial charge in [0.15, 0.2) is 0 Å². The van der Waals surface area contributed by atoms with Crippen LogP contribution < -0.4 is 10.5 Å². The highest BCUT2D eigenvalue weighted by Crippen LogP contribution is 2.32. The van der Waals surface area contributed by atoms with E-state index in [1.807, 2.05) is 26.0 Å². The zero-order valence-electron chi connectivity index (χ0n) is 10.4. The number of ether oxygens (including phenoxy) is 1. The van der Waals surface area contributed by atoms with Gasteiger partial charge >= 0.3 is 0 Å². The minimum absolute atomic E-state index is 0.205. The van der Waals surface area contributed by atoms with Gasteiger partial charge in [-0.2, -0.15) is 0 Å². The molecule has 2 N–H and O–H groups in total. The van der Waals surface area contributed by atoms with E-state index in [1.54, 1.807) is 11.3 Å². The van der Waals surface area contributed by atoms with Gasteiger partial charge in [-0.15, -0.1) is 11.3 Å². The quantitative estimate of drug-likeness (QED) is 0.886. The van der Waals surface area contributed by atoms with Crippen molar-refractivity contribution in [2.45, 2.75) is 26.9 Å². The van der Waals surface area contributed by atoms with Crippen LogP contribution in [0.2, 0.25) is 0 Å². The van der Waals surface area contributed by atoms with Crippen molar-refractivity contribution in [3.63, 3.8) is 0 Å². The number of rotatable bonds is 3. The number of anilines is 1. The van der Waals surface area contributed by atoms with Crippen LogP contribution in [0, 0.1) is 6.92 Å². The predicted octanol–water partition coefficient (Wildman–Crippen LogP) is 4.09. The molecule has 0 aliphatic carbocycles. The van der Waals surface area contributed by atoms with Crippen LogP contribution in [0.25, 0.3) is 10.4 Å². The van der Waals surface area contributed by atoms with Crippen LogP contribution >= 0.6 is 11.3 Å². The Morgan fingerprint density at radius 3 is 2.47 bits per heavy atom. The zero-order valence-corrected chi connectivity index (χ0v) is 11.2. The minimum Gasteiger partial charge on any atom is -0.491 e. The van der Waals surface area contributed by atoms with Gasteiger partial charge in [0.2, 0.25) is 0 Å². The minimum atomic E-state index is 0.205. The summed E-state index contributed by atoms with van der Waals surface area (Å²) in [6, 6.07) is 10.2. The molecule has 0 saturated carbocycles. The van der Waals surface area contributed by atoms with Gasteiger partial charge in [-0.05, 0) is 62.2 Å². The number of nitrogens with two attached hydrogens (primary N) is 1. The first-order valence-corrected chi connectivity index (χ1v) is 6.51. The van der Waals surface area contributed by atoms with E-state index in [9.17, 15) is 0 Å². The number of aryl methyl sites for hydroxylation is 1. The number of benzene rings is 1. The molecular weight excluding hydrogens is 230 g/mol. The maximum atomic E-state index is 5.74. The number of hydrogen-bond donors (Lipinski definition) is 1. The molecule has 0 unspecified atom stereocenters. The Balaban J connectivity index is 2.30. The second-order valence-corrected chi connectivity index (χ2v) is 5.46. The second-order valence-electron chi connectivity index (χ2n) is 4.35. The van der Waals surface area contributed by atoms with Gasteiger partial charge in [0.05, 0.1) is 11.1 Å². The van der Waals surface area contributed by atoms with Crippen molar-refractivity contribution in [3.05, 3.63) is 35.9 Å². The molecule has 1 aromatic heterocycles. The SMILES string of the molecule is Cc1cc(-c2ccc(N)s2)ccc1OC(C)C. The first-order valence-electron chi connectivity index (χ1n) is 5.69. The van der Waals surface area contributed by atoms with Crippen molar-refractivity contribution < 1.29 is 4.74 Å². The summed E-state index contributed by atoms with van der Waals surface area (Å²) in [5.74, 6) is 0.952. The molecule has 0 fully saturated rings. The second kappa shape index (κ2) is 4.80. The largest absolute Gasteiger partial charge is 0.491 e. The Kier molecular flexibility index (Phi) is 3.38. The first kappa shape index (κ1) is 12.0. The topological polar surface area (TPSA) is 35.2 Å². The molecule has 3 heteroatoms. The van der Waals surface area contributed by atoms with Crippen LogP contribution in [0.5, 0.6) is 5.75 Å². The van der Waals surface area contributed by atoms with E-state index < -0.39 is 0 Å². The van der Waals surface area contributed by atoms with Crippen molar-refractivity contribution >= 4 is 16.3 Å². The Hall–Kier alpha value is -1.48. The molecule has 0 radical (unpaired) electrons. The monoisotopic (exact) mass is 247 g/mol. The lowest BCUT2D eigenvalue weighted by atomic mass is 10.1. The highest BCUT2D eigenvalue weighted by Gasteiger charge is 2.06. The van der Waals surface area contributed by atoms with Crippen molar-refractivity contribution in [2.24, 2.45) is 0 Å². The number of nitrogen functional groups attached to an aromatic ring is 1. The molecule has 17 heavy (non-hydrogen) atoms. The average Bonchev–Trinajstić information content (AvgIpc) is 2.67. The summed E-state index contributed by atoms with van der Waals surface area (Å²) < 4.78 is 5.72. The van der Waals surface area contributed by atoms with Crippen LogP contribution in [0.3, 0.4) is 0 Å². The lowest BCUT2D eigenvalue weighted by Crippen LogP contribution is -2.06. The Morgan fingerprint density at radius 1 is 1.18 bits per heavy atom. The van der Waals surface area contributed by atoms with E-state index in [2.05, 4.69) is 25.1 Å². The molecule has 1 heterocycles. The summed E-state index contributed by atoms with van der Waals surface area (Å²) in [5.41, 5.74) is 8.09. The molecule has 0 aliphatic rings. The van der Waals surface area contributed by atoms with Gasteiger partial charge in [-0.3, -0.25) is 0 Å². The van der Waals surface area contributed by atoms with Crippen LogP contribution in [0.4, 0.5) is 5.00 Å². The van der Waals surface area contributed by atoms with Gasteiger partial charge in [0, 0.05) is 4.88 Å². The average molecular weight is 247 g/mol. The molecule has 0 atom stereocenters. The summed E-state index contributed by atoms with van der Waals surface area (Å²) >= 11 is 1.61. The van der Waals surface area contributed by atoms with E-state index >= 15 is 0 Å². The third-order valence-electron chi connectivity index (χ3n) is 2.45. The van der Waals surface area contributed by atoms with Crippen LogP contribution in [-0.4, -0.2) is 6.10 Å². The molecule has 90 valence electrons. The predicted molar refractivity (Wildman–Crippen MR) is 74.7 cm³/mol. The van der Waals surface area contributed by atoms with Gasteiger partial charge in [-0.25, -0.2) is 0 Å². The summed E-state index contributed by atoms with van der Waals surface area (Å²) in [4.78, 5) is 1.20. The third kappa shape index (κ3) is 2.80. The lowest BCUT2D eigenvalue weighted by Gasteiger charge is -2.13. The van der Waals surface area contributed by atoms with Gasteiger partial charge in [0.25, 0.3) is 0 Å². The molecule has 1 aromatic carbocycles. The fourth-order valence-corrected chi connectivity index (χ4v) is 2.47. The highest BCUT2D eigenvalue weighted by atomic mass is 32.1. The molecule has 0 spiro atoms. The van der Waals surface area contributed by atoms with Crippen molar-refractivity contribution in [1.82, 2.24) is 0 Å². The molecule has 0 bridgehead atoms. The molecule has 0 aliphatic heterocycles. The van der Waals surface area contributed by atoms with Crippen molar-refractivity contribution in [2.75, 3.05) is 5.73 Å². The van der Waals surface area contributed by atoms with Crippen molar-refractivity contribution in [1.29, 1.82) is 0 Å². The third-order valence-corrected chi connectivity index (χ3v) is 3.41. The summed E-state index contributed by atoms with van der Waals surface area (Å²) in [7, 11) is 0. The molecule has 2 rings (SSSR count). The fraction of sp³-hybridized carbons (Fsp3) is 0.286. The Bertz CT molecular complexity index is 517. The molecule has 2 aromatic rings. The van der Waals surface area contributed by atoms with Crippen molar-refractivity contribution in [3.8, 4) is 16.2 Å². The molecule has 0 saturated heterocycles. The first-order chi connectivity index (χ1) is 8.06. The van der Waals surface area contributed by atoms with Gasteiger partial charge < -0.3 is 10.5 Å². The van der Waals surface area contributed by atoms with Crippen LogP contribution in [0.15, 0.2) is 30.3 Å². The number of thiophene rings is 1. The Morgan fingerprint density at radius 2 is 1.94 bits per heavy atom. The number of hydrogen-bond acceptors (Lipinski definition) is 3. The standard InChI is InChI=1S/C14H17NOS/c1-9(2)16-12-5-4-11(8-10(12)3)13-6-7-14(15)17-13/h4-9H,15H2,1-3H3. The van der Waals surface area contributed by atoms with E-state index in [4.69, 9.17) is 10.5 Å². The van der Waals surface area contributed by atoms with E-state index in [-0.39, 0.29) is 6.10 Å². The smallest absolute Gasteiger partial charge is 0.122 e. The maximum absolute atomic E-state index is 5.74. The molecule has 0 amide bonds. The summed E-state index contributed by atoms with van der Waals surface area (Å²) in [5, 5.41) is 0.847. The van der Waals surface area contributed by atoms with Gasteiger partial charge in [-0.1, -0.05) is 0 Å². The van der Waals surface area contributed by atoms with E-state index in [0.717, 1.165) is 16.3 Å². The van der Waals surface area contributed by atoms with E-state index in [0.29, 0.717) is 0 Å². The lowest BCUT2D eigenvalue weighted by molar-refractivity contribution is 0.241. The summed E-state index contributed by atoms with van der Waals surface area (Å²) in [6.45, 7) is 6.14. The maximum Gasteiger partial charge on any atom is 0.122 e. The zero-order chi connectivity index (χ0) is 12.4. The normalized spacial score (nSPS) is 10.8. The van der Waals surface area contributed by atoms with Crippen LogP contribution in [-0.2, 0) is 0 Å². The molecule has 2 nitrogen and oxygen atoms in total.